The minimum Gasteiger partial charge on any atom is -0.394 e. The highest BCUT2D eigenvalue weighted by Gasteiger charge is 2.53. The maximum atomic E-state index is 10.8. The van der Waals surface area contributed by atoms with Crippen LogP contribution in [0.3, 0.4) is 0 Å². The van der Waals surface area contributed by atoms with Gasteiger partial charge in [0, 0.05) is 18.0 Å². The van der Waals surface area contributed by atoms with E-state index in [-0.39, 0.29) is 5.82 Å². The summed E-state index contributed by atoms with van der Waals surface area (Å²) in [6, 6.07) is 5.37. The molecule has 142 valence electrons. The van der Waals surface area contributed by atoms with Crippen LogP contribution in [0.15, 0.2) is 36.9 Å². The molecule has 27 heavy (non-hydrogen) atoms. The van der Waals surface area contributed by atoms with Crippen LogP contribution in [0.5, 0.6) is 0 Å². The molecule has 0 aromatic carbocycles. The van der Waals surface area contributed by atoms with Crippen LogP contribution in [0.4, 0.5) is 5.82 Å². The second kappa shape index (κ2) is 6.51. The molecule has 1 aliphatic heterocycles. The molecule has 3 aromatic heterocycles. The van der Waals surface area contributed by atoms with Crippen LogP contribution in [0.1, 0.15) is 13.2 Å². The van der Waals surface area contributed by atoms with Crippen molar-refractivity contribution in [3.05, 3.63) is 36.9 Å². The molecule has 1 saturated heterocycles. The highest BCUT2D eigenvalue weighted by atomic mass is 16.6. The predicted molar refractivity (Wildman–Crippen MR) is 93.8 cm³/mol. The lowest BCUT2D eigenvalue weighted by molar-refractivity contribution is -0.0948. The van der Waals surface area contributed by atoms with Crippen molar-refractivity contribution >= 4 is 16.9 Å². The lowest BCUT2D eigenvalue weighted by Crippen LogP contribution is -2.44. The summed E-state index contributed by atoms with van der Waals surface area (Å²) in [6.07, 6.45) is 1.28. The van der Waals surface area contributed by atoms with Gasteiger partial charge in [-0.3, -0.25) is 15.7 Å². The Morgan fingerprint density at radius 3 is 2.74 bits per heavy atom. The van der Waals surface area contributed by atoms with Crippen molar-refractivity contribution in [1.29, 1.82) is 0 Å². The molecule has 10 heteroatoms. The lowest BCUT2D eigenvalue weighted by atomic mass is 9.96. The molecule has 3 aromatic rings. The van der Waals surface area contributed by atoms with Crippen LogP contribution in [0, 0.1) is 0 Å². The fraction of sp³-hybridized carbons (Fsp3) is 0.353. The summed E-state index contributed by atoms with van der Waals surface area (Å²) in [5, 5.41) is 40.5. The van der Waals surface area contributed by atoms with Gasteiger partial charge in [0.15, 0.2) is 12.0 Å². The number of ether oxygens (including phenoxy) is 1. The van der Waals surface area contributed by atoms with Gasteiger partial charge in [0.2, 0.25) is 0 Å². The quantitative estimate of drug-likeness (QED) is 0.407. The van der Waals surface area contributed by atoms with Crippen molar-refractivity contribution in [2.75, 3.05) is 12.1 Å². The van der Waals surface area contributed by atoms with Crippen molar-refractivity contribution in [2.24, 2.45) is 0 Å². The molecule has 5 N–H and O–H groups in total. The summed E-state index contributed by atoms with van der Waals surface area (Å²) in [6.45, 7) is 0.981. The number of anilines is 1. The van der Waals surface area contributed by atoms with Crippen molar-refractivity contribution in [3.63, 3.8) is 0 Å². The second-order valence-corrected chi connectivity index (χ2v) is 6.58. The first kappa shape index (κ1) is 17.8. The van der Waals surface area contributed by atoms with Gasteiger partial charge in [0.25, 0.3) is 0 Å². The van der Waals surface area contributed by atoms with Gasteiger partial charge in [-0.1, -0.05) is 6.07 Å². The maximum Gasteiger partial charge on any atom is 0.167 e. The SMILES string of the molecule is C[C@@]1(O)C(O)C(CO)OC1n1cc(-c2ccccn2)c2c(NO)ncnc21. The van der Waals surface area contributed by atoms with E-state index in [0.717, 1.165) is 0 Å². The van der Waals surface area contributed by atoms with Crippen molar-refractivity contribution in [2.45, 2.75) is 31.0 Å². The Kier molecular flexibility index (Phi) is 4.29. The van der Waals surface area contributed by atoms with Crippen LogP contribution >= 0.6 is 0 Å². The second-order valence-electron chi connectivity index (χ2n) is 6.58. The van der Waals surface area contributed by atoms with E-state index in [1.165, 1.54) is 13.3 Å². The predicted octanol–water partition coefficient (Wildman–Crippen LogP) is 0.296. The van der Waals surface area contributed by atoms with Crippen LogP contribution in [0.25, 0.3) is 22.3 Å². The molecule has 0 radical (unpaired) electrons. The van der Waals surface area contributed by atoms with Crippen molar-refractivity contribution in [3.8, 4) is 11.3 Å². The number of aromatic nitrogens is 4. The van der Waals surface area contributed by atoms with Gasteiger partial charge in [-0.05, 0) is 19.1 Å². The molecule has 3 unspecified atom stereocenters. The van der Waals surface area contributed by atoms with Crippen LogP contribution in [-0.2, 0) is 4.74 Å². The fourth-order valence-electron chi connectivity index (χ4n) is 3.45. The molecular formula is C17H19N5O5. The van der Waals surface area contributed by atoms with E-state index in [0.29, 0.717) is 22.3 Å². The number of pyridine rings is 1. The van der Waals surface area contributed by atoms with E-state index in [4.69, 9.17) is 4.74 Å². The van der Waals surface area contributed by atoms with Gasteiger partial charge < -0.3 is 24.6 Å². The first-order chi connectivity index (χ1) is 13.0. The molecule has 4 rings (SSSR count). The molecule has 0 aliphatic carbocycles. The van der Waals surface area contributed by atoms with Gasteiger partial charge in [-0.2, -0.15) is 0 Å². The Morgan fingerprint density at radius 1 is 1.30 bits per heavy atom. The van der Waals surface area contributed by atoms with E-state index >= 15 is 0 Å². The van der Waals surface area contributed by atoms with Gasteiger partial charge >= 0.3 is 0 Å². The molecular weight excluding hydrogens is 354 g/mol. The zero-order valence-corrected chi connectivity index (χ0v) is 14.4. The molecule has 4 atom stereocenters. The Morgan fingerprint density at radius 2 is 2.11 bits per heavy atom. The number of fused-ring (bicyclic) bond motifs is 1. The average Bonchev–Trinajstić information content (AvgIpc) is 3.18. The highest BCUT2D eigenvalue weighted by molar-refractivity contribution is 6.00. The smallest absolute Gasteiger partial charge is 0.167 e. The number of hydrogen-bond donors (Lipinski definition) is 5. The zero-order chi connectivity index (χ0) is 19.2. The Hall–Kier alpha value is -2.63. The first-order valence-corrected chi connectivity index (χ1v) is 8.32. The minimum atomic E-state index is -1.68. The topological polar surface area (TPSA) is 146 Å². The third-order valence-corrected chi connectivity index (χ3v) is 4.84. The largest absolute Gasteiger partial charge is 0.394 e. The van der Waals surface area contributed by atoms with Gasteiger partial charge in [-0.15, -0.1) is 0 Å². The monoisotopic (exact) mass is 373 g/mol. The number of rotatable bonds is 4. The van der Waals surface area contributed by atoms with E-state index < -0.39 is 30.6 Å². The summed E-state index contributed by atoms with van der Waals surface area (Å²) in [5.74, 6) is 0.163. The Balaban J connectivity index is 1.95. The molecule has 1 fully saturated rings. The van der Waals surface area contributed by atoms with Crippen LogP contribution < -0.4 is 5.48 Å². The Bertz CT molecular complexity index is 961. The highest BCUT2D eigenvalue weighted by Crippen LogP contribution is 2.42. The van der Waals surface area contributed by atoms with E-state index in [1.54, 1.807) is 29.1 Å². The molecule has 4 heterocycles. The summed E-state index contributed by atoms with van der Waals surface area (Å²) >= 11 is 0. The van der Waals surface area contributed by atoms with Crippen LogP contribution in [-0.4, -0.2) is 64.5 Å². The molecule has 10 nitrogen and oxygen atoms in total. The number of aliphatic hydroxyl groups is 3. The van der Waals surface area contributed by atoms with Crippen LogP contribution in [0.2, 0.25) is 0 Å². The summed E-state index contributed by atoms with van der Waals surface area (Å²) in [5.41, 5.74) is 1.93. The lowest BCUT2D eigenvalue weighted by Gasteiger charge is -2.27. The first-order valence-electron chi connectivity index (χ1n) is 8.32. The number of nitrogens with zero attached hydrogens (tertiary/aromatic N) is 4. The number of hydrogen-bond acceptors (Lipinski definition) is 9. The van der Waals surface area contributed by atoms with E-state index in [9.17, 15) is 20.5 Å². The molecule has 1 aliphatic rings. The maximum absolute atomic E-state index is 10.8. The fourth-order valence-corrected chi connectivity index (χ4v) is 3.45. The summed E-state index contributed by atoms with van der Waals surface area (Å²) in [4.78, 5) is 12.6. The molecule has 0 spiro atoms. The van der Waals surface area contributed by atoms with Crippen molar-refractivity contribution < 1.29 is 25.3 Å². The third kappa shape index (κ3) is 2.66. The Labute approximate surface area is 153 Å². The molecule has 0 saturated carbocycles. The number of nitrogens with one attached hydrogen (secondary N) is 1. The van der Waals surface area contributed by atoms with E-state index in [1.807, 2.05) is 11.5 Å². The van der Waals surface area contributed by atoms with Crippen molar-refractivity contribution in [1.82, 2.24) is 19.5 Å². The molecule has 0 bridgehead atoms. The summed E-state index contributed by atoms with van der Waals surface area (Å²) in [7, 11) is 0. The zero-order valence-electron chi connectivity index (χ0n) is 14.4. The molecule has 0 amide bonds. The van der Waals surface area contributed by atoms with Gasteiger partial charge in [0.05, 0.1) is 17.7 Å². The normalized spacial score (nSPS) is 28.0. The van der Waals surface area contributed by atoms with E-state index in [2.05, 4.69) is 15.0 Å². The van der Waals surface area contributed by atoms with Gasteiger partial charge in [0.1, 0.15) is 29.8 Å². The summed E-state index contributed by atoms with van der Waals surface area (Å²) < 4.78 is 7.25. The average molecular weight is 373 g/mol. The number of aliphatic hydroxyl groups excluding tert-OH is 2. The standard InChI is InChI=1S/C17H19N5O5/c1-17(25)13(24)11(7-23)27-16(17)22-6-9(10-4-2-3-5-18-10)12-14(21-26)19-8-20-15(12)22/h2-6,8,11,13,16,23-26H,7H2,1H3,(H,19,20,21)/t11?,13?,16?,17-/m1/s1. The van der Waals surface area contributed by atoms with Gasteiger partial charge in [-0.25, -0.2) is 9.97 Å². The third-order valence-electron chi connectivity index (χ3n) is 4.84. The minimum absolute atomic E-state index is 0.163.